The maximum Gasteiger partial charge on any atom is 0.136 e. The van der Waals surface area contributed by atoms with E-state index in [0.29, 0.717) is 0 Å². The Kier molecular flexibility index (Phi) is 7.39. The Morgan fingerprint density at radius 3 is 1.82 bits per heavy atom. The summed E-state index contributed by atoms with van der Waals surface area (Å²) in [6.07, 6.45) is 0. The van der Waals surface area contributed by atoms with Gasteiger partial charge in [-0.1, -0.05) is 133 Å². The van der Waals surface area contributed by atoms with Gasteiger partial charge in [0.1, 0.15) is 11.2 Å². The molecule has 0 aliphatic heterocycles. The molecule has 0 saturated heterocycles. The smallest absolute Gasteiger partial charge is 0.136 e. The highest BCUT2D eigenvalue weighted by Crippen LogP contribution is 2.42. The second-order valence-electron chi connectivity index (χ2n) is 14.1. The molecule has 55 heavy (non-hydrogen) atoms. The molecule has 2 nitrogen and oxygen atoms in total. The van der Waals surface area contributed by atoms with E-state index in [-0.39, 0.29) is 0 Å². The molecule has 11 rings (SSSR count). The summed E-state index contributed by atoms with van der Waals surface area (Å²) < 4.78 is 8.88. The van der Waals surface area contributed by atoms with Gasteiger partial charge in [0.25, 0.3) is 0 Å². The van der Waals surface area contributed by atoms with Crippen LogP contribution < -0.4 is 4.90 Å². The number of anilines is 3. The minimum Gasteiger partial charge on any atom is -0.456 e. The molecule has 258 valence electrons. The molecule has 9 aromatic carbocycles. The first-order valence-electron chi connectivity index (χ1n) is 18.7. The number of fused-ring (bicyclic) bond motifs is 7. The quantitative estimate of drug-likeness (QED) is 0.170. The average Bonchev–Trinajstić information content (AvgIpc) is 3.82. The SMILES string of the molecule is c1ccc(-c2cccc(N(c3ccc(-c4ccc5cc6c(cc5c4)oc4ccccc46)cc3)c3ccc(-c4cccc5c4sc4ccccc45)cc3)c2)cc1. The van der Waals surface area contributed by atoms with Crippen LogP contribution >= 0.6 is 11.3 Å². The molecular formula is C52H33NOS. The summed E-state index contributed by atoms with van der Waals surface area (Å²) in [5.41, 5.74) is 12.3. The van der Waals surface area contributed by atoms with Gasteiger partial charge in [-0.15, -0.1) is 11.3 Å². The molecule has 0 bridgehead atoms. The van der Waals surface area contributed by atoms with Gasteiger partial charge in [0, 0.05) is 48.0 Å². The lowest BCUT2D eigenvalue weighted by atomic mass is 9.99. The molecule has 2 aromatic heterocycles. The third kappa shape index (κ3) is 5.48. The average molecular weight is 720 g/mol. The predicted octanol–water partition coefficient (Wildman–Crippen LogP) is 15.6. The predicted molar refractivity (Wildman–Crippen MR) is 235 cm³/mol. The molecule has 0 spiro atoms. The third-order valence-corrected chi connectivity index (χ3v) is 12.1. The minimum atomic E-state index is 0.918. The van der Waals surface area contributed by atoms with Crippen molar-refractivity contribution in [2.45, 2.75) is 0 Å². The van der Waals surface area contributed by atoms with E-state index in [9.17, 15) is 0 Å². The molecule has 0 saturated carbocycles. The van der Waals surface area contributed by atoms with Crippen LogP contribution in [-0.2, 0) is 0 Å². The summed E-state index contributed by atoms with van der Waals surface area (Å²) >= 11 is 1.87. The van der Waals surface area contributed by atoms with Crippen molar-refractivity contribution in [1.82, 2.24) is 0 Å². The van der Waals surface area contributed by atoms with E-state index in [1.165, 1.54) is 64.3 Å². The van der Waals surface area contributed by atoms with E-state index in [4.69, 9.17) is 4.42 Å². The highest BCUT2D eigenvalue weighted by Gasteiger charge is 2.16. The number of hydrogen-bond acceptors (Lipinski definition) is 3. The lowest BCUT2D eigenvalue weighted by molar-refractivity contribution is 0.669. The van der Waals surface area contributed by atoms with E-state index in [0.717, 1.165) is 39.0 Å². The molecule has 11 aromatic rings. The van der Waals surface area contributed by atoms with E-state index in [1.807, 2.05) is 23.5 Å². The van der Waals surface area contributed by atoms with Crippen LogP contribution in [0.1, 0.15) is 0 Å². The number of benzene rings is 9. The zero-order valence-electron chi connectivity index (χ0n) is 29.8. The number of para-hydroxylation sites is 1. The number of hydrogen-bond donors (Lipinski definition) is 0. The van der Waals surface area contributed by atoms with Gasteiger partial charge in [-0.05, 0) is 111 Å². The maximum atomic E-state index is 6.23. The van der Waals surface area contributed by atoms with E-state index in [2.05, 4.69) is 193 Å². The minimum absolute atomic E-state index is 0.918. The van der Waals surface area contributed by atoms with E-state index >= 15 is 0 Å². The summed E-state index contributed by atoms with van der Waals surface area (Å²) in [5.74, 6) is 0. The van der Waals surface area contributed by atoms with Gasteiger partial charge in [-0.3, -0.25) is 0 Å². The fourth-order valence-electron chi connectivity index (χ4n) is 8.12. The fraction of sp³-hybridized carbons (Fsp3) is 0. The summed E-state index contributed by atoms with van der Waals surface area (Å²) in [6.45, 7) is 0. The molecule has 0 fully saturated rings. The van der Waals surface area contributed by atoms with Crippen molar-refractivity contribution < 1.29 is 4.42 Å². The second-order valence-corrected chi connectivity index (χ2v) is 15.2. The van der Waals surface area contributed by atoms with Crippen LogP contribution in [0.5, 0.6) is 0 Å². The van der Waals surface area contributed by atoms with Crippen LogP contribution in [0.4, 0.5) is 17.1 Å². The molecule has 0 aliphatic rings. The Morgan fingerprint density at radius 2 is 0.982 bits per heavy atom. The van der Waals surface area contributed by atoms with Crippen molar-refractivity contribution >= 4 is 81.3 Å². The lowest BCUT2D eigenvalue weighted by Gasteiger charge is -2.26. The molecule has 0 atom stereocenters. The molecule has 0 aliphatic carbocycles. The van der Waals surface area contributed by atoms with E-state index in [1.54, 1.807) is 0 Å². The topological polar surface area (TPSA) is 16.4 Å². The summed E-state index contributed by atoms with van der Waals surface area (Å²) in [5, 5.41) is 7.31. The van der Waals surface area contributed by atoms with Gasteiger partial charge in [-0.2, -0.15) is 0 Å². The summed E-state index contributed by atoms with van der Waals surface area (Å²) in [7, 11) is 0. The number of furan rings is 1. The highest BCUT2D eigenvalue weighted by molar-refractivity contribution is 7.26. The van der Waals surface area contributed by atoms with Gasteiger partial charge in [0.05, 0.1) is 0 Å². The van der Waals surface area contributed by atoms with Crippen molar-refractivity contribution in [3.05, 3.63) is 200 Å². The number of rotatable bonds is 6. The van der Waals surface area contributed by atoms with Gasteiger partial charge in [-0.25, -0.2) is 0 Å². The molecule has 0 N–H and O–H groups in total. The first kappa shape index (κ1) is 31.6. The summed E-state index contributed by atoms with van der Waals surface area (Å²) in [6, 6.07) is 72.2. The molecule has 2 heterocycles. The number of nitrogens with zero attached hydrogens (tertiary/aromatic N) is 1. The normalized spacial score (nSPS) is 11.6. The van der Waals surface area contributed by atoms with Gasteiger partial charge in [0.15, 0.2) is 0 Å². The molecule has 0 amide bonds. The van der Waals surface area contributed by atoms with Crippen LogP contribution in [0.25, 0.3) is 86.3 Å². The maximum absolute atomic E-state index is 6.23. The van der Waals surface area contributed by atoms with Crippen LogP contribution in [0.15, 0.2) is 205 Å². The Bertz CT molecular complexity index is 3190. The largest absolute Gasteiger partial charge is 0.456 e. The first-order valence-corrected chi connectivity index (χ1v) is 19.5. The standard InChI is InChI=1S/C52H33NOS/c1-2-10-34(11-3-1)37-12-8-13-43(31-37)53(42-28-24-36(25-29-42)44-16-9-17-47-46-15-5-7-19-51(46)55-52(44)47)41-26-22-35(23-27-41)38-20-21-39-32-48-45-14-4-6-18-49(45)54-50(48)33-40(39)30-38/h1-33H. The van der Waals surface area contributed by atoms with Gasteiger partial charge < -0.3 is 9.32 Å². The zero-order chi connectivity index (χ0) is 36.3. The Morgan fingerprint density at radius 1 is 0.345 bits per heavy atom. The van der Waals surface area contributed by atoms with Gasteiger partial charge >= 0.3 is 0 Å². The monoisotopic (exact) mass is 719 g/mol. The molecular weight excluding hydrogens is 687 g/mol. The second kappa shape index (κ2) is 12.9. The molecule has 0 radical (unpaired) electrons. The van der Waals surface area contributed by atoms with Crippen molar-refractivity contribution in [2.24, 2.45) is 0 Å². The van der Waals surface area contributed by atoms with Crippen LogP contribution in [-0.4, -0.2) is 0 Å². The van der Waals surface area contributed by atoms with Crippen molar-refractivity contribution in [2.75, 3.05) is 4.90 Å². The lowest BCUT2D eigenvalue weighted by Crippen LogP contribution is -2.10. The van der Waals surface area contributed by atoms with Crippen LogP contribution in [0.2, 0.25) is 0 Å². The Labute approximate surface area is 322 Å². The van der Waals surface area contributed by atoms with Crippen molar-refractivity contribution in [3.63, 3.8) is 0 Å². The number of thiophene rings is 1. The first-order chi connectivity index (χ1) is 27.2. The highest BCUT2D eigenvalue weighted by atomic mass is 32.1. The van der Waals surface area contributed by atoms with Crippen molar-refractivity contribution in [3.8, 4) is 33.4 Å². The van der Waals surface area contributed by atoms with E-state index < -0.39 is 0 Å². The van der Waals surface area contributed by atoms with Gasteiger partial charge in [0.2, 0.25) is 0 Å². The molecule has 0 unspecified atom stereocenters. The Hall–Kier alpha value is -6.94. The van der Waals surface area contributed by atoms with Crippen LogP contribution in [0, 0.1) is 0 Å². The zero-order valence-corrected chi connectivity index (χ0v) is 30.6. The third-order valence-electron chi connectivity index (χ3n) is 10.8. The fourth-order valence-corrected chi connectivity index (χ4v) is 9.36. The van der Waals surface area contributed by atoms with Crippen molar-refractivity contribution in [1.29, 1.82) is 0 Å². The van der Waals surface area contributed by atoms with Crippen LogP contribution in [0.3, 0.4) is 0 Å². The Balaban J connectivity index is 0.984. The molecule has 3 heteroatoms. The summed E-state index contributed by atoms with van der Waals surface area (Å²) in [4.78, 5) is 2.36.